The number of nitrogens with one attached hydrogen (secondary N) is 1. The van der Waals surface area contributed by atoms with Crippen molar-refractivity contribution >= 4 is 0 Å². The Morgan fingerprint density at radius 3 is 2.63 bits per heavy atom. The van der Waals surface area contributed by atoms with Gasteiger partial charge >= 0.3 is 0 Å². The standard InChI is InChI=1S/C16H23N3/c1-16(2)8-12(16)15-18-13-6-7-17-9-11(13)14(19-15)10-4-3-5-10/h10,12,17H,3-9H2,1-2H3. The average molecular weight is 257 g/mol. The van der Waals surface area contributed by atoms with Crippen LogP contribution in [0.15, 0.2) is 0 Å². The van der Waals surface area contributed by atoms with Gasteiger partial charge in [0.15, 0.2) is 0 Å². The zero-order valence-electron chi connectivity index (χ0n) is 12.0. The van der Waals surface area contributed by atoms with E-state index < -0.39 is 0 Å². The first kappa shape index (κ1) is 11.8. The summed E-state index contributed by atoms with van der Waals surface area (Å²) in [6, 6.07) is 0. The van der Waals surface area contributed by atoms with E-state index in [0.717, 1.165) is 31.3 Å². The van der Waals surface area contributed by atoms with Crippen LogP contribution in [0, 0.1) is 5.41 Å². The van der Waals surface area contributed by atoms with Crippen LogP contribution in [0.5, 0.6) is 0 Å². The molecular formula is C16H23N3. The largest absolute Gasteiger partial charge is 0.312 e. The smallest absolute Gasteiger partial charge is 0.132 e. The second-order valence-electron chi connectivity index (χ2n) is 7.19. The van der Waals surface area contributed by atoms with E-state index in [1.807, 2.05) is 0 Å². The van der Waals surface area contributed by atoms with Gasteiger partial charge in [0.1, 0.15) is 5.82 Å². The van der Waals surface area contributed by atoms with Crippen LogP contribution < -0.4 is 5.32 Å². The molecule has 3 heteroatoms. The Hall–Kier alpha value is -0.960. The van der Waals surface area contributed by atoms with Crippen LogP contribution in [0.3, 0.4) is 0 Å². The van der Waals surface area contributed by atoms with E-state index in [1.165, 1.54) is 42.6 Å². The molecule has 2 aliphatic carbocycles. The van der Waals surface area contributed by atoms with E-state index in [-0.39, 0.29) is 0 Å². The van der Waals surface area contributed by atoms with Gasteiger partial charge in [-0.1, -0.05) is 20.3 Å². The van der Waals surface area contributed by atoms with Gasteiger partial charge in [0, 0.05) is 36.9 Å². The minimum atomic E-state index is 0.429. The fourth-order valence-corrected chi connectivity index (χ4v) is 3.47. The lowest BCUT2D eigenvalue weighted by atomic mass is 9.80. The Labute approximate surface area is 115 Å². The van der Waals surface area contributed by atoms with Crippen molar-refractivity contribution in [1.29, 1.82) is 0 Å². The number of nitrogens with zero attached hydrogens (tertiary/aromatic N) is 2. The van der Waals surface area contributed by atoms with Gasteiger partial charge in [-0.05, 0) is 24.7 Å². The van der Waals surface area contributed by atoms with Crippen LogP contribution in [0.4, 0.5) is 0 Å². The molecule has 1 aromatic heterocycles. The second-order valence-corrected chi connectivity index (χ2v) is 7.19. The SMILES string of the molecule is CC1(C)CC1c1nc2c(c(C3CCC3)n1)CNCC2. The average Bonchev–Trinajstić information content (AvgIpc) is 2.96. The quantitative estimate of drug-likeness (QED) is 0.885. The van der Waals surface area contributed by atoms with E-state index in [2.05, 4.69) is 19.2 Å². The summed E-state index contributed by atoms with van der Waals surface area (Å²) in [6.45, 7) is 6.73. The van der Waals surface area contributed by atoms with Gasteiger partial charge in [0.2, 0.25) is 0 Å². The topological polar surface area (TPSA) is 37.8 Å². The molecule has 1 N–H and O–H groups in total. The maximum Gasteiger partial charge on any atom is 0.132 e. The van der Waals surface area contributed by atoms with Crippen LogP contribution in [0.25, 0.3) is 0 Å². The predicted octanol–water partition coefficient (Wildman–Crippen LogP) is 2.90. The van der Waals surface area contributed by atoms with Crippen molar-refractivity contribution < 1.29 is 0 Å². The Balaban J connectivity index is 1.77. The number of fused-ring (bicyclic) bond motifs is 1. The van der Waals surface area contributed by atoms with Crippen molar-refractivity contribution in [2.24, 2.45) is 5.41 Å². The van der Waals surface area contributed by atoms with Gasteiger partial charge in [-0.15, -0.1) is 0 Å². The van der Waals surface area contributed by atoms with Crippen LogP contribution in [0.1, 0.15) is 74.1 Å². The molecule has 2 saturated carbocycles. The van der Waals surface area contributed by atoms with Gasteiger partial charge < -0.3 is 5.32 Å². The molecule has 1 aliphatic heterocycles. The van der Waals surface area contributed by atoms with Crippen LogP contribution in [-0.4, -0.2) is 16.5 Å². The Morgan fingerprint density at radius 2 is 2.00 bits per heavy atom. The van der Waals surface area contributed by atoms with Crippen molar-refractivity contribution in [3.05, 3.63) is 22.8 Å². The molecule has 0 saturated heterocycles. The normalized spacial score (nSPS) is 28.6. The molecular weight excluding hydrogens is 234 g/mol. The monoisotopic (exact) mass is 257 g/mol. The molecule has 0 spiro atoms. The van der Waals surface area contributed by atoms with Crippen LogP contribution in [-0.2, 0) is 13.0 Å². The third-order valence-electron chi connectivity index (χ3n) is 5.30. The van der Waals surface area contributed by atoms with Crippen molar-refractivity contribution in [3.63, 3.8) is 0 Å². The summed E-state index contributed by atoms with van der Waals surface area (Å²) < 4.78 is 0. The summed E-state index contributed by atoms with van der Waals surface area (Å²) >= 11 is 0. The molecule has 1 atom stereocenters. The van der Waals surface area contributed by atoms with E-state index >= 15 is 0 Å². The Bertz CT molecular complexity index is 517. The van der Waals surface area contributed by atoms with E-state index in [1.54, 1.807) is 0 Å². The van der Waals surface area contributed by atoms with E-state index in [0.29, 0.717) is 11.3 Å². The predicted molar refractivity (Wildman–Crippen MR) is 75.2 cm³/mol. The van der Waals surface area contributed by atoms with Gasteiger partial charge in [-0.25, -0.2) is 9.97 Å². The zero-order chi connectivity index (χ0) is 13.0. The molecule has 3 aliphatic rings. The number of hydrogen-bond acceptors (Lipinski definition) is 3. The summed E-state index contributed by atoms with van der Waals surface area (Å²) in [6.07, 6.45) is 6.38. The number of aromatic nitrogens is 2. The molecule has 2 heterocycles. The highest BCUT2D eigenvalue weighted by molar-refractivity contribution is 5.33. The number of hydrogen-bond donors (Lipinski definition) is 1. The summed E-state index contributed by atoms with van der Waals surface area (Å²) in [4.78, 5) is 9.94. The molecule has 19 heavy (non-hydrogen) atoms. The van der Waals surface area contributed by atoms with Crippen molar-refractivity contribution in [3.8, 4) is 0 Å². The van der Waals surface area contributed by atoms with Gasteiger partial charge in [-0.2, -0.15) is 0 Å². The molecule has 0 radical (unpaired) electrons. The lowest BCUT2D eigenvalue weighted by Crippen LogP contribution is -2.29. The van der Waals surface area contributed by atoms with Gasteiger partial charge in [0.05, 0.1) is 11.4 Å². The highest BCUT2D eigenvalue weighted by Gasteiger charge is 2.49. The van der Waals surface area contributed by atoms with Crippen molar-refractivity contribution in [1.82, 2.24) is 15.3 Å². The first-order valence-corrected chi connectivity index (χ1v) is 7.75. The fourth-order valence-electron chi connectivity index (χ4n) is 3.47. The minimum absolute atomic E-state index is 0.429. The van der Waals surface area contributed by atoms with Gasteiger partial charge in [-0.3, -0.25) is 0 Å². The molecule has 2 fully saturated rings. The van der Waals surface area contributed by atoms with E-state index in [4.69, 9.17) is 9.97 Å². The Kier molecular flexibility index (Phi) is 2.50. The third-order valence-corrected chi connectivity index (χ3v) is 5.30. The molecule has 1 aromatic rings. The van der Waals surface area contributed by atoms with Crippen LogP contribution >= 0.6 is 0 Å². The fraction of sp³-hybridized carbons (Fsp3) is 0.750. The molecule has 1 unspecified atom stereocenters. The lowest BCUT2D eigenvalue weighted by Gasteiger charge is -2.30. The van der Waals surface area contributed by atoms with Crippen molar-refractivity contribution in [2.45, 2.75) is 64.3 Å². The Morgan fingerprint density at radius 1 is 1.21 bits per heavy atom. The highest BCUT2D eigenvalue weighted by Crippen LogP contribution is 2.58. The lowest BCUT2D eigenvalue weighted by molar-refractivity contribution is 0.401. The maximum absolute atomic E-state index is 5.01. The third kappa shape index (κ3) is 1.90. The minimum Gasteiger partial charge on any atom is -0.312 e. The summed E-state index contributed by atoms with van der Waals surface area (Å²) in [5.41, 5.74) is 4.59. The molecule has 0 bridgehead atoms. The summed E-state index contributed by atoms with van der Waals surface area (Å²) in [7, 11) is 0. The maximum atomic E-state index is 5.01. The van der Waals surface area contributed by atoms with Crippen LogP contribution in [0.2, 0.25) is 0 Å². The molecule has 4 rings (SSSR count). The highest BCUT2D eigenvalue weighted by atomic mass is 15.0. The van der Waals surface area contributed by atoms with Crippen molar-refractivity contribution in [2.75, 3.05) is 6.54 Å². The second kappa shape index (κ2) is 4.02. The number of rotatable bonds is 2. The molecule has 0 amide bonds. The zero-order valence-corrected chi connectivity index (χ0v) is 12.0. The first-order valence-electron chi connectivity index (χ1n) is 7.75. The first-order chi connectivity index (χ1) is 9.15. The summed E-state index contributed by atoms with van der Waals surface area (Å²) in [5, 5.41) is 3.48. The molecule has 3 nitrogen and oxygen atoms in total. The van der Waals surface area contributed by atoms with Gasteiger partial charge in [0.25, 0.3) is 0 Å². The summed E-state index contributed by atoms with van der Waals surface area (Å²) in [5.74, 6) is 2.47. The molecule has 0 aromatic carbocycles. The molecule has 102 valence electrons. The van der Waals surface area contributed by atoms with E-state index in [9.17, 15) is 0 Å².